The van der Waals surface area contributed by atoms with Crippen LogP contribution >= 0.6 is 11.8 Å². The Morgan fingerprint density at radius 2 is 2.10 bits per heavy atom. The Morgan fingerprint density at radius 3 is 2.65 bits per heavy atom. The molecule has 0 spiro atoms. The van der Waals surface area contributed by atoms with Gasteiger partial charge < -0.3 is 15.2 Å². The molecule has 1 rings (SSSR count). The molecule has 1 aromatic carbocycles. The van der Waals surface area contributed by atoms with E-state index in [0.717, 1.165) is 10.6 Å². The van der Waals surface area contributed by atoms with Gasteiger partial charge in [0.15, 0.2) is 0 Å². The van der Waals surface area contributed by atoms with Gasteiger partial charge in [0.1, 0.15) is 18.1 Å². The molecule has 0 aliphatic carbocycles. The van der Waals surface area contributed by atoms with Crippen molar-refractivity contribution in [2.24, 2.45) is 0 Å². The molecular formula is C15H19NO3S. The summed E-state index contributed by atoms with van der Waals surface area (Å²) in [6.07, 6.45) is 0. The highest BCUT2D eigenvalue weighted by Crippen LogP contribution is 2.24. The second-order valence-electron chi connectivity index (χ2n) is 4.43. The van der Waals surface area contributed by atoms with E-state index in [1.165, 1.54) is 18.7 Å². The average Bonchev–Trinajstić information content (AvgIpc) is 2.37. The number of rotatable bonds is 6. The minimum atomic E-state index is -1.22. The molecule has 2 N–H and O–H groups in total. The summed E-state index contributed by atoms with van der Waals surface area (Å²) in [5.41, 5.74) is -1.22. The minimum Gasteiger partial charge on any atom is -0.481 e. The van der Waals surface area contributed by atoms with Crippen LogP contribution in [0.25, 0.3) is 0 Å². The van der Waals surface area contributed by atoms with Gasteiger partial charge in [-0.1, -0.05) is 5.92 Å². The van der Waals surface area contributed by atoms with Gasteiger partial charge in [0.2, 0.25) is 5.91 Å². The molecule has 0 aromatic heterocycles. The van der Waals surface area contributed by atoms with Gasteiger partial charge in [-0.3, -0.25) is 4.79 Å². The largest absolute Gasteiger partial charge is 0.481 e. The summed E-state index contributed by atoms with van der Waals surface area (Å²) in [7, 11) is 0. The van der Waals surface area contributed by atoms with Gasteiger partial charge in [0.05, 0.1) is 0 Å². The summed E-state index contributed by atoms with van der Waals surface area (Å²) in [5, 5.41) is 12.4. The maximum absolute atomic E-state index is 10.9. The van der Waals surface area contributed by atoms with Crippen molar-refractivity contribution in [1.29, 1.82) is 0 Å². The Balaban J connectivity index is 2.48. The number of aliphatic hydroxyl groups is 1. The molecule has 4 nitrogen and oxygen atoms in total. The molecule has 108 valence electrons. The van der Waals surface area contributed by atoms with E-state index in [1.54, 1.807) is 13.8 Å². The molecule has 0 fully saturated rings. The molecule has 0 bridgehead atoms. The Morgan fingerprint density at radius 1 is 1.45 bits per heavy atom. The van der Waals surface area contributed by atoms with Crippen LogP contribution in [0.4, 0.5) is 0 Å². The third-order valence-corrected chi connectivity index (χ3v) is 3.59. The number of ether oxygens (including phenoxy) is 1. The zero-order valence-electron chi connectivity index (χ0n) is 11.9. The second-order valence-corrected chi connectivity index (χ2v) is 5.48. The van der Waals surface area contributed by atoms with Crippen LogP contribution in [-0.2, 0) is 4.79 Å². The molecule has 0 aliphatic rings. The number of hydrogen-bond acceptors (Lipinski definition) is 4. The van der Waals surface area contributed by atoms with Crippen molar-refractivity contribution in [2.75, 3.05) is 12.4 Å². The smallest absolute Gasteiger partial charge is 0.219 e. The van der Waals surface area contributed by atoms with E-state index >= 15 is 0 Å². The summed E-state index contributed by atoms with van der Waals surface area (Å²) >= 11 is 1.46. The molecule has 1 atom stereocenters. The van der Waals surface area contributed by atoms with Crippen molar-refractivity contribution in [2.45, 2.75) is 31.4 Å². The summed E-state index contributed by atoms with van der Waals surface area (Å²) in [4.78, 5) is 11.9. The molecule has 1 amide bonds. The molecule has 0 saturated carbocycles. The van der Waals surface area contributed by atoms with Crippen LogP contribution < -0.4 is 10.1 Å². The maximum Gasteiger partial charge on any atom is 0.219 e. The molecule has 5 heteroatoms. The van der Waals surface area contributed by atoms with Gasteiger partial charge in [-0.15, -0.1) is 17.7 Å². The van der Waals surface area contributed by atoms with Gasteiger partial charge in [0, 0.05) is 17.6 Å². The van der Waals surface area contributed by atoms with Crippen molar-refractivity contribution >= 4 is 17.7 Å². The number of carbonyl (C=O) groups is 1. The first-order valence-electron chi connectivity index (χ1n) is 6.19. The Bertz CT molecular complexity index is 500. The van der Waals surface area contributed by atoms with Crippen LogP contribution in [-0.4, -0.2) is 29.1 Å². The summed E-state index contributed by atoms with van der Waals surface area (Å²) in [6, 6.07) is 7.52. The fourth-order valence-electron chi connectivity index (χ4n) is 1.46. The lowest BCUT2D eigenvalue weighted by Gasteiger charge is -2.23. The fourth-order valence-corrected chi connectivity index (χ4v) is 2.31. The minimum absolute atomic E-state index is 0.253. The van der Waals surface area contributed by atoms with E-state index in [9.17, 15) is 9.90 Å². The fraction of sp³-hybridized carbons (Fsp3) is 0.400. The molecule has 1 aromatic rings. The zero-order valence-corrected chi connectivity index (χ0v) is 12.7. The van der Waals surface area contributed by atoms with Crippen molar-refractivity contribution in [3.8, 4) is 17.6 Å². The Kier molecular flexibility index (Phi) is 6.43. The molecule has 0 aliphatic heterocycles. The predicted octanol–water partition coefficient (Wildman–Crippen LogP) is 2.03. The zero-order chi connectivity index (χ0) is 15.0. The lowest BCUT2D eigenvalue weighted by Crippen LogP contribution is -2.46. The Labute approximate surface area is 123 Å². The van der Waals surface area contributed by atoms with Crippen molar-refractivity contribution in [3.63, 3.8) is 0 Å². The summed E-state index contributed by atoms with van der Waals surface area (Å²) in [5.74, 6) is 6.46. The lowest BCUT2D eigenvalue weighted by molar-refractivity contribution is -0.124. The van der Waals surface area contributed by atoms with Crippen molar-refractivity contribution in [1.82, 2.24) is 5.32 Å². The molecule has 0 saturated heterocycles. The third-order valence-electron chi connectivity index (χ3n) is 2.28. The van der Waals surface area contributed by atoms with Gasteiger partial charge >= 0.3 is 0 Å². The first kappa shape index (κ1) is 16.4. The summed E-state index contributed by atoms with van der Waals surface area (Å²) in [6.45, 7) is 5.09. The molecular weight excluding hydrogens is 274 g/mol. The molecule has 1 unspecified atom stereocenters. The van der Waals surface area contributed by atoms with E-state index < -0.39 is 5.72 Å². The van der Waals surface area contributed by atoms with Crippen molar-refractivity contribution in [3.05, 3.63) is 24.3 Å². The van der Waals surface area contributed by atoms with E-state index in [-0.39, 0.29) is 5.91 Å². The molecule has 0 radical (unpaired) electrons. The highest BCUT2D eigenvalue weighted by molar-refractivity contribution is 7.99. The number of benzene rings is 1. The monoisotopic (exact) mass is 293 g/mol. The van der Waals surface area contributed by atoms with Crippen LogP contribution in [0.15, 0.2) is 29.2 Å². The maximum atomic E-state index is 10.9. The number of hydrogen-bond donors (Lipinski definition) is 2. The van der Waals surface area contributed by atoms with Crippen molar-refractivity contribution < 1.29 is 14.6 Å². The quantitative estimate of drug-likeness (QED) is 0.479. The van der Waals surface area contributed by atoms with Gasteiger partial charge in [0.25, 0.3) is 0 Å². The van der Waals surface area contributed by atoms with Crippen LogP contribution in [0, 0.1) is 11.8 Å². The second kappa shape index (κ2) is 7.83. The Hall–Kier alpha value is -1.64. The van der Waals surface area contributed by atoms with Crippen LogP contribution in [0.1, 0.15) is 20.8 Å². The highest BCUT2D eigenvalue weighted by Gasteiger charge is 2.21. The molecule has 0 heterocycles. The van der Waals surface area contributed by atoms with E-state index in [4.69, 9.17) is 4.74 Å². The van der Waals surface area contributed by atoms with E-state index in [2.05, 4.69) is 17.2 Å². The molecule has 20 heavy (non-hydrogen) atoms. The standard InChI is InChI=1S/C15H19NO3S/c1-4-5-10-19-13-6-8-14(9-7-13)20-11-15(3,18)16-12(2)17/h6-9,18H,10-11H2,1-3H3,(H,16,17). The predicted molar refractivity (Wildman–Crippen MR) is 80.6 cm³/mol. The number of carbonyl (C=O) groups excluding carboxylic acids is 1. The van der Waals surface area contributed by atoms with E-state index in [1.807, 2.05) is 24.3 Å². The first-order chi connectivity index (χ1) is 9.43. The number of amides is 1. The van der Waals surface area contributed by atoms with Gasteiger partial charge in [-0.25, -0.2) is 0 Å². The first-order valence-corrected chi connectivity index (χ1v) is 7.18. The third kappa shape index (κ3) is 6.50. The number of thioether (sulfide) groups is 1. The van der Waals surface area contributed by atoms with Gasteiger partial charge in [-0.05, 0) is 38.1 Å². The van der Waals surface area contributed by atoms with Crippen LogP contribution in [0.3, 0.4) is 0 Å². The highest BCUT2D eigenvalue weighted by atomic mass is 32.2. The lowest BCUT2D eigenvalue weighted by atomic mass is 10.3. The topological polar surface area (TPSA) is 58.6 Å². The summed E-state index contributed by atoms with van der Waals surface area (Å²) < 4.78 is 5.41. The van der Waals surface area contributed by atoms with Crippen LogP contribution in [0.2, 0.25) is 0 Å². The van der Waals surface area contributed by atoms with Crippen LogP contribution in [0.5, 0.6) is 5.75 Å². The van der Waals surface area contributed by atoms with E-state index in [0.29, 0.717) is 12.4 Å². The average molecular weight is 293 g/mol. The SMILES string of the molecule is CC#CCOc1ccc(SCC(C)(O)NC(C)=O)cc1. The normalized spacial score (nSPS) is 12.8. The van der Waals surface area contributed by atoms with Gasteiger partial charge in [-0.2, -0.15) is 0 Å². The number of nitrogens with one attached hydrogen (secondary N) is 1.